The van der Waals surface area contributed by atoms with Gasteiger partial charge in [-0.25, -0.2) is 0 Å². The van der Waals surface area contributed by atoms with Gasteiger partial charge in [-0.1, -0.05) is 28.1 Å². The third-order valence-electron chi connectivity index (χ3n) is 3.40. The second-order valence-corrected chi connectivity index (χ2v) is 6.39. The average Bonchev–Trinajstić information content (AvgIpc) is 2.54. The number of benzene rings is 2. The van der Waals surface area contributed by atoms with Gasteiger partial charge in [0.15, 0.2) is 0 Å². The summed E-state index contributed by atoms with van der Waals surface area (Å²) in [6.07, 6.45) is 2.86. The SMILES string of the molecule is COc1ccc(Br)c(CC(NN)c2ccc(SC)cc2)c1. The van der Waals surface area contributed by atoms with Crippen LogP contribution in [0.1, 0.15) is 17.2 Å². The number of ether oxygens (including phenoxy) is 1. The van der Waals surface area contributed by atoms with Crippen LogP contribution in [-0.2, 0) is 6.42 Å². The predicted molar refractivity (Wildman–Crippen MR) is 92.7 cm³/mol. The predicted octanol–water partition coefficient (Wildman–Crippen LogP) is 3.93. The normalized spacial score (nSPS) is 12.2. The van der Waals surface area contributed by atoms with Crippen LogP contribution in [0, 0.1) is 0 Å². The van der Waals surface area contributed by atoms with Crippen molar-refractivity contribution in [3.05, 3.63) is 58.1 Å². The van der Waals surface area contributed by atoms with E-state index < -0.39 is 0 Å². The monoisotopic (exact) mass is 366 g/mol. The van der Waals surface area contributed by atoms with Crippen molar-refractivity contribution in [3.63, 3.8) is 0 Å². The van der Waals surface area contributed by atoms with Gasteiger partial charge in [0.05, 0.1) is 13.2 Å². The van der Waals surface area contributed by atoms with Crippen molar-refractivity contribution in [2.24, 2.45) is 5.84 Å². The van der Waals surface area contributed by atoms with Gasteiger partial charge in [-0.2, -0.15) is 0 Å². The van der Waals surface area contributed by atoms with E-state index in [0.717, 1.165) is 22.2 Å². The molecule has 2 aromatic rings. The van der Waals surface area contributed by atoms with E-state index in [1.165, 1.54) is 10.5 Å². The molecule has 21 heavy (non-hydrogen) atoms. The molecule has 0 aliphatic heterocycles. The van der Waals surface area contributed by atoms with Gasteiger partial charge in [-0.05, 0) is 54.1 Å². The van der Waals surface area contributed by atoms with Crippen LogP contribution in [0.3, 0.4) is 0 Å². The lowest BCUT2D eigenvalue weighted by molar-refractivity contribution is 0.413. The molecule has 0 amide bonds. The van der Waals surface area contributed by atoms with Gasteiger partial charge in [0.25, 0.3) is 0 Å². The standard InChI is InChI=1S/C16H19BrN2OS/c1-20-13-5-8-15(17)12(9-13)10-16(19-18)11-3-6-14(21-2)7-4-11/h3-9,16,19H,10,18H2,1-2H3. The largest absolute Gasteiger partial charge is 0.497 e. The minimum atomic E-state index is 0.0595. The van der Waals surface area contributed by atoms with Crippen LogP contribution < -0.4 is 16.0 Å². The zero-order chi connectivity index (χ0) is 15.2. The van der Waals surface area contributed by atoms with Crippen molar-refractivity contribution in [2.45, 2.75) is 17.4 Å². The van der Waals surface area contributed by atoms with Crippen LogP contribution in [-0.4, -0.2) is 13.4 Å². The topological polar surface area (TPSA) is 47.3 Å². The maximum Gasteiger partial charge on any atom is 0.119 e. The number of rotatable bonds is 6. The van der Waals surface area contributed by atoms with Gasteiger partial charge < -0.3 is 4.74 Å². The molecule has 2 rings (SSSR count). The fourth-order valence-electron chi connectivity index (χ4n) is 2.16. The number of thioether (sulfide) groups is 1. The lowest BCUT2D eigenvalue weighted by Crippen LogP contribution is -2.29. The van der Waals surface area contributed by atoms with E-state index >= 15 is 0 Å². The maximum atomic E-state index is 5.74. The highest BCUT2D eigenvalue weighted by molar-refractivity contribution is 9.10. The Bertz CT molecular complexity index is 589. The molecular formula is C16H19BrN2OS. The van der Waals surface area contributed by atoms with E-state index in [9.17, 15) is 0 Å². The molecule has 0 saturated heterocycles. The summed E-state index contributed by atoms with van der Waals surface area (Å²) in [6, 6.07) is 14.5. The average molecular weight is 367 g/mol. The first-order chi connectivity index (χ1) is 10.2. The summed E-state index contributed by atoms with van der Waals surface area (Å²) in [7, 11) is 1.67. The number of nitrogens with one attached hydrogen (secondary N) is 1. The molecule has 1 unspecified atom stereocenters. The molecule has 0 radical (unpaired) electrons. The van der Waals surface area contributed by atoms with Gasteiger partial charge in [0, 0.05) is 9.37 Å². The first-order valence-electron chi connectivity index (χ1n) is 6.60. The smallest absolute Gasteiger partial charge is 0.119 e. The summed E-state index contributed by atoms with van der Waals surface area (Å²) >= 11 is 5.32. The van der Waals surface area contributed by atoms with Gasteiger partial charge in [-0.3, -0.25) is 11.3 Å². The van der Waals surface area contributed by atoms with Crippen LogP contribution in [0.15, 0.2) is 51.8 Å². The van der Waals surface area contributed by atoms with Crippen LogP contribution in [0.4, 0.5) is 0 Å². The Labute approximate surface area is 138 Å². The van der Waals surface area contributed by atoms with E-state index in [1.54, 1.807) is 18.9 Å². The summed E-state index contributed by atoms with van der Waals surface area (Å²) in [5, 5.41) is 0. The van der Waals surface area contributed by atoms with Crippen molar-refractivity contribution in [2.75, 3.05) is 13.4 Å². The molecule has 0 aliphatic rings. The molecule has 0 heterocycles. The van der Waals surface area contributed by atoms with Gasteiger partial charge in [0.2, 0.25) is 0 Å². The number of nitrogens with two attached hydrogens (primary N) is 1. The number of halogens is 1. The highest BCUT2D eigenvalue weighted by Gasteiger charge is 2.13. The van der Waals surface area contributed by atoms with Gasteiger partial charge >= 0.3 is 0 Å². The Morgan fingerprint density at radius 2 is 1.95 bits per heavy atom. The molecule has 2 aromatic carbocycles. The zero-order valence-corrected chi connectivity index (χ0v) is 14.5. The lowest BCUT2D eigenvalue weighted by Gasteiger charge is -2.18. The van der Waals surface area contributed by atoms with Crippen LogP contribution >= 0.6 is 27.7 Å². The maximum absolute atomic E-state index is 5.74. The Morgan fingerprint density at radius 3 is 2.52 bits per heavy atom. The molecule has 0 aliphatic carbocycles. The Kier molecular flexibility index (Phi) is 6.11. The van der Waals surface area contributed by atoms with E-state index in [1.807, 2.05) is 18.2 Å². The van der Waals surface area contributed by atoms with E-state index in [2.05, 4.69) is 51.9 Å². The first kappa shape index (κ1) is 16.4. The molecule has 112 valence electrons. The Hall–Kier alpha value is -1.01. The van der Waals surface area contributed by atoms with Crippen molar-refractivity contribution in [1.82, 2.24) is 5.43 Å². The molecule has 0 aromatic heterocycles. The zero-order valence-electron chi connectivity index (χ0n) is 12.1. The second kappa shape index (κ2) is 7.84. The summed E-state index contributed by atoms with van der Waals surface area (Å²) in [4.78, 5) is 1.25. The fraction of sp³-hybridized carbons (Fsp3) is 0.250. The molecular weight excluding hydrogens is 348 g/mol. The molecule has 0 bridgehead atoms. The molecule has 0 fully saturated rings. The van der Waals surface area contributed by atoms with Crippen LogP contribution in [0.5, 0.6) is 5.75 Å². The minimum absolute atomic E-state index is 0.0595. The number of hydrogen-bond acceptors (Lipinski definition) is 4. The van der Waals surface area contributed by atoms with Crippen molar-refractivity contribution >= 4 is 27.7 Å². The van der Waals surface area contributed by atoms with E-state index in [4.69, 9.17) is 10.6 Å². The van der Waals surface area contributed by atoms with Crippen LogP contribution in [0.2, 0.25) is 0 Å². The van der Waals surface area contributed by atoms with Crippen molar-refractivity contribution in [1.29, 1.82) is 0 Å². The highest BCUT2D eigenvalue weighted by atomic mass is 79.9. The summed E-state index contributed by atoms with van der Waals surface area (Å²) in [6.45, 7) is 0. The molecule has 0 spiro atoms. The summed E-state index contributed by atoms with van der Waals surface area (Å²) < 4.78 is 6.35. The number of hydrazine groups is 1. The molecule has 0 saturated carbocycles. The molecule has 3 N–H and O–H groups in total. The number of hydrogen-bond donors (Lipinski definition) is 2. The molecule has 5 heteroatoms. The minimum Gasteiger partial charge on any atom is -0.497 e. The van der Waals surface area contributed by atoms with E-state index in [-0.39, 0.29) is 6.04 Å². The quantitative estimate of drug-likeness (QED) is 0.462. The molecule has 3 nitrogen and oxygen atoms in total. The fourth-order valence-corrected chi connectivity index (χ4v) is 2.98. The van der Waals surface area contributed by atoms with Gasteiger partial charge in [-0.15, -0.1) is 11.8 Å². The third-order valence-corrected chi connectivity index (χ3v) is 4.91. The lowest BCUT2D eigenvalue weighted by atomic mass is 9.99. The van der Waals surface area contributed by atoms with Crippen LogP contribution in [0.25, 0.3) is 0 Å². The third kappa shape index (κ3) is 4.23. The van der Waals surface area contributed by atoms with Crippen molar-refractivity contribution < 1.29 is 4.74 Å². The summed E-state index contributed by atoms with van der Waals surface area (Å²) in [5.74, 6) is 6.59. The van der Waals surface area contributed by atoms with Gasteiger partial charge in [0.1, 0.15) is 5.75 Å². The first-order valence-corrected chi connectivity index (χ1v) is 8.62. The number of methoxy groups -OCH3 is 1. The Balaban J connectivity index is 2.21. The van der Waals surface area contributed by atoms with E-state index in [0.29, 0.717) is 0 Å². The second-order valence-electron chi connectivity index (χ2n) is 4.65. The summed E-state index contributed by atoms with van der Waals surface area (Å²) in [5.41, 5.74) is 5.23. The highest BCUT2D eigenvalue weighted by Crippen LogP contribution is 2.28. The molecule has 1 atom stereocenters. The van der Waals surface area contributed by atoms with Crippen molar-refractivity contribution in [3.8, 4) is 5.75 Å². The Morgan fingerprint density at radius 1 is 1.24 bits per heavy atom.